The second-order valence-electron chi connectivity index (χ2n) is 3.69. The van der Waals surface area contributed by atoms with Crippen LogP contribution in [0.1, 0.15) is 17.3 Å². The molecule has 0 saturated carbocycles. The van der Waals surface area contributed by atoms with Gasteiger partial charge in [-0.05, 0) is 6.92 Å². The number of nitro groups is 1. The normalized spacial score (nSPS) is 9.61. The van der Waals surface area contributed by atoms with E-state index in [0.717, 1.165) is 0 Å². The smallest absolute Gasteiger partial charge is 0.270 e. The Bertz CT molecular complexity index is 523. The average molecular weight is 248 g/mol. The van der Waals surface area contributed by atoms with E-state index < -0.39 is 16.6 Å². The Balaban J connectivity index is 2.73. The number of Topliss-reactive ketones (excluding diaryl/α,β-unsaturated/α-hetero) is 1. The molecule has 1 aromatic rings. The second kappa shape index (κ2) is 5.72. The number of hydrogen-bond donors (Lipinski definition) is 1. The molecule has 0 aliphatic rings. The Hall–Kier alpha value is -2.50. The summed E-state index contributed by atoms with van der Waals surface area (Å²) in [6.45, 7) is 4.74. The number of non-ortho nitro benzene ring substituents is 1. The minimum Gasteiger partial charge on any atom is -0.345 e. The summed E-state index contributed by atoms with van der Waals surface area (Å²) in [7, 11) is 0. The van der Waals surface area contributed by atoms with Gasteiger partial charge in [-0.1, -0.05) is 18.7 Å². The highest BCUT2D eigenvalue weighted by atomic mass is 16.6. The molecule has 1 N–H and O–H groups in total. The molecule has 18 heavy (non-hydrogen) atoms. The molecule has 0 unspecified atom stereocenters. The Morgan fingerprint density at radius 2 is 2.11 bits per heavy atom. The summed E-state index contributed by atoms with van der Waals surface area (Å²) in [5.74, 6) is -0.818. The Morgan fingerprint density at radius 3 is 2.67 bits per heavy atom. The minimum atomic E-state index is -0.580. The van der Waals surface area contributed by atoms with Gasteiger partial charge in [-0.2, -0.15) is 0 Å². The van der Waals surface area contributed by atoms with Crippen LogP contribution in [0.25, 0.3) is 0 Å². The van der Waals surface area contributed by atoms with Crippen LogP contribution in [0, 0.1) is 10.1 Å². The molecule has 6 heteroatoms. The van der Waals surface area contributed by atoms with Gasteiger partial charge in [-0.3, -0.25) is 19.7 Å². The van der Waals surface area contributed by atoms with Crippen LogP contribution in [-0.2, 0) is 4.79 Å². The van der Waals surface area contributed by atoms with Crippen molar-refractivity contribution in [3.63, 3.8) is 0 Å². The number of nitro benzene ring substituents is 1. The van der Waals surface area contributed by atoms with E-state index in [0.29, 0.717) is 5.57 Å². The minimum absolute atomic E-state index is 0.160. The summed E-state index contributed by atoms with van der Waals surface area (Å²) in [5.41, 5.74) is 0.320. The monoisotopic (exact) mass is 248 g/mol. The summed E-state index contributed by atoms with van der Waals surface area (Å²) >= 11 is 0. The zero-order valence-electron chi connectivity index (χ0n) is 9.80. The lowest BCUT2D eigenvalue weighted by molar-refractivity contribution is -0.384. The number of carbonyl (C=O) groups is 2. The van der Waals surface area contributed by atoms with Crippen LogP contribution >= 0.6 is 0 Å². The molecule has 1 rings (SSSR count). The Morgan fingerprint density at radius 1 is 1.44 bits per heavy atom. The number of amides is 1. The van der Waals surface area contributed by atoms with E-state index in [2.05, 4.69) is 11.9 Å². The molecule has 0 saturated heterocycles. The van der Waals surface area contributed by atoms with Gasteiger partial charge in [0.05, 0.1) is 11.5 Å². The molecule has 1 amide bonds. The van der Waals surface area contributed by atoms with E-state index in [1.165, 1.54) is 31.2 Å². The molecule has 0 atom stereocenters. The van der Waals surface area contributed by atoms with Gasteiger partial charge in [-0.15, -0.1) is 0 Å². The molecule has 0 aliphatic heterocycles. The Labute approximate surface area is 103 Å². The highest BCUT2D eigenvalue weighted by Gasteiger charge is 2.12. The zero-order valence-corrected chi connectivity index (χ0v) is 9.80. The number of benzene rings is 1. The first-order chi connectivity index (χ1) is 8.41. The zero-order chi connectivity index (χ0) is 13.7. The maximum atomic E-state index is 11.7. The van der Waals surface area contributed by atoms with Gasteiger partial charge in [0.15, 0.2) is 5.78 Å². The molecule has 6 nitrogen and oxygen atoms in total. The lowest BCUT2D eigenvalue weighted by atomic mass is 10.1. The number of rotatable bonds is 5. The van der Waals surface area contributed by atoms with E-state index in [1.807, 2.05) is 0 Å². The molecule has 94 valence electrons. The lowest BCUT2D eigenvalue weighted by Gasteiger charge is -2.04. The molecule has 0 spiro atoms. The second-order valence-corrected chi connectivity index (χ2v) is 3.69. The summed E-state index contributed by atoms with van der Waals surface area (Å²) in [5, 5.41) is 12.9. The van der Waals surface area contributed by atoms with Crippen molar-refractivity contribution >= 4 is 17.4 Å². The van der Waals surface area contributed by atoms with Crippen LogP contribution in [0.5, 0.6) is 0 Å². The highest BCUT2D eigenvalue weighted by molar-refractivity contribution is 6.01. The van der Waals surface area contributed by atoms with Gasteiger partial charge < -0.3 is 5.32 Å². The van der Waals surface area contributed by atoms with Crippen molar-refractivity contribution in [1.29, 1.82) is 0 Å². The number of ketones is 1. The molecule has 0 bridgehead atoms. The molecular formula is C12H12N2O4. The van der Waals surface area contributed by atoms with Crippen molar-refractivity contribution in [2.24, 2.45) is 0 Å². The number of carbonyl (C=O) groups excluding carboxylic acids is 2. The first-order valence-corrected chi connectivity index (χ1v) is 5.13. The van der Waals surface area contributed by atoms with Gasteiger partial charge >= 0.3 is 0 Å². The van der Waals surface area contributed by atoms with Crippen LogP contribution in [0.3, 0.4) is 0 Å². The molecule has 0 aromatic heterocycles. The van der Waals surface area contributed by atoms with Crippen LogP contribution in [0.2, 0.25) is 0 Å². The van der Waals surface area contributed by atoms with Gasteiger partial charge in [0.1, 0.15) is 0 Å². The molecule has 0 aliphatic carbocycles. The first kappa shape index (κ1) is 13.6. The summed E-state index contributed by atoms with van der Waals surface area (Å²) in [6.07, 6.45) is 0. The van der Waals surface area contributed by atoms with E-state index in [4.69, 9.17) is 0 Å². The third-order valence-electron chi connectivity index (χ3n) is 2.18. The van der Waals surface area contributed by atoms with Crippen molar-refractivity contribution in [3.8, 4) is 0 Å². The molecular weight excluding hydrogens is 236 g/mol. The van der Waals surface area contributed by atoms with Gasteiger partial charge in [0, 0.05) is 23.3 Å². The Kier molecular flexibility index (Phi) is 4.31. The van der Waals surface area contributed by atoms with Crippen molar-refractivity contribution in [2.75, 3.05) is 6.54 Å². The topological polar surface area (TPSA) is 89.3 Å². The molecule has 0 heterocycles. The van der Waals surface area contributed by atoms with Crippen molar-refractivity contribution in [1.82, 2.24) is 5.32 Å². The number of nitrogens with one attached hydrogen (secondary N) is 1. The van der Waals surface area contributed by atoms with Crippen molar-refractivity contribution in [3.05, 3.63) is 52.1 Å². The first-order valence-electron chi connectivity index (χ1n) is 5.13. The van der Waals surface area contributed by atoms with Crippen LogP contribution in [-0.4, -0.2) is 23.2 Å². The van der Waals surface area contributed by atoms with Crippen LogP contribution < -0.4 is 5.32 Å². The molecule has 1 aromatic carbocycles. The third kappa shape index (κ3) is 3.51. The lowest BCUT2D eigenvalue weighted by Crippen LogP contribution is -2.29. The molecule has 0 fully saturated rings. The third-order valence-corrected chi connectivity index (χ3v) is 2.18. The predicted molar refractivity (Wildman–Crippen MR) is 65.3 cm³/mol. The summed E-state index contributed by atoms with van der Waals surface area (Å²) < 4.78 is 0. The van der Waals surface area contributed by atoms with Crippen molar-refractivity contribution in [2.45, 2.75) is 6.92 Å². The standard InChI is InChI=1S/C12H12N2O4/c1-8(2)12(16)13-7-11(15)9-4-3-5-10(6-9)14(17)18/h3-6H,1,7H2,2H3,(H,13,16). The number of hydrogen-bond acceptors (Lipinski definition) is 4. The van der Waals surface area contributed by atoms with Gasteiger partial charge in [-0.25, -0.2) is 0 Å². The van der Waals surface area contributed by atoms with E-state index in [9.17, 15) is 19.7 Å². The number of nitrogens with zero attached hydrogens (tertiary/aromatic N) is 1. The fourth-order valence-electron chi connectivity index (χ4n) is 1.21. The fraction of sp³-hybridized carbons (Fsp3) is 0.167. The fourth-order valence-corrected chi connectivity index (χ4v) is 1.21. The summed E-state index contributed by atoms with van der Waals surface area (Å²) in [4.78, 5) is 32.8. The van der Waals surface area contributed by atoms with Crippen LogP contribution in [0.15, 0.2) is 36.4 Å². The van der Waals surface area contributed by atoms with E-state index >= 15 is 0 Å². The molecule has 0 radical (unpaired) electrons. The van der Waals surface area contributed by atoms with E-state index in [1.54, 1.807) is 0 Å². The quantitative estimate of drug-likeness (QED) is 0.370. The van der Waals surface area contributed by atoms with Gasteiger partial charge in [0.25, 0.3) is 5.69 Å². The largest absolute Gasteiger partial charge is 0.345 e. The van der Waals surface area contributed by atoms with Crippen LogP contribution in [0.4, 0.5) is 5.69 Å². The summed E-state index contributed by atoms with van der Waals surface area (Å²) in [6, 6.07) is 5.35. The SMILES string of the molecule is C=C(C)C(=O)NCC(=O)c1cccc([N+](=O)[O-])c1. The highest BCUT2D eigenvalue weighted by Crippen LogP contribution is 2.13. The predicted octanol–water partition coefficient (Wildman–Crippen LogP) is 1.47. The van der Waals surface area contributed by atoms with E-state index in [-0.39, 0.29) is 17.8 Å². The van der Waals surface area contributed by atoms with Crippen molar-refractivity contribution < 1.29 is 14.5 Å². The van der Waals surface area contributed by atoms with Gasteiger partial charge in [0.2, 0.25) is 5.91 Å². The maximum Gasteiger partial charge on any atom is 0.270 e. The average Bonchev–Trinajstić information content (AvgIpc) is 2.35. The maximum absolute atomic E-state index is 11.7.